The number of nitrogens with one attached hydrogen (secondary N) is 3. The van der Waals surface area contributed by atoms with E-state index in [0.717, 1.165) is 38.0 Å². The lowest BCUT2D eigenvalue weighted by Gasteiger charge is -2.22. The average Bonchev–Trinajstić information content (AvgIpc) is 3.29. The second kappa shape index (κ2) is 11.2. The number of para-hydroxylation sites is 1. The van der Waals surface area contributed by atoms with Gasteiger partial charge in [0.25, 0.3) is 5.91 Å². The minimum atomic E-state index is -0.349. The van der Waals surface area contributed by atoms with Crippen LogP contribution in [-0.4, -0.2) is 44.8 Å². The summed E-state index contributed by atoms with van der Waals surface area (Å²) in [7, 11) is 0. The molecule has 3 rings (SSSR count). The molecule has 3 N–H and O–H groups in total. The van der Waals surface area contributed by atoms with Gasteiger partial charge in [-0.15, -0.1) is 0 Å². The molecule has 1 saturated heterocycles. The van der Waals surface area contributed by atoms with Crippen molar-refractivity contribution < 1.29 is 14.3 Å². The van der Waals surface area contributed by atoms with Gasteiger partial charge >= 0.3 is 6.03 Å². The number of ether oxygens (including phenoxy) is 1. The maximum atomic E-state index is 12.9. The molecule has 0 radical (unpaired) electrons. The number of carbonyl (C=O) groups excluding carboxylic acids is 2. The lowest BCUT2D eigenvalue weighted by Crippen LogP contribution is -2.29. The Morgan fingerprint density at radius 1 is 1.00 bits per heavy atom. The van der Waals surface area contributed by atoms with Crippen molar-refractivity contribution >= 4 is 29.0 Å². The van der Waals surface area contributed by atoms with E-state index >= 15 is 0 Å². The zero-order chi connectivity index (χ0) is 21.2. The van der Waals surface area contributed by atoms with Crippen LogP contribution in [0, 0.1) is 0 Å². The molecule has 30 heavy (non-hydrogen) atoms. The first-order valence-electron chi connectivity index (χ1n) is 10.6. The first-order chi connectivity index (χ1) is 14.7. The number of urea groups is 1. The molecule has 1 heterocycles. The van der Waals surface area contributed by atoms with Gasteiger partial charge in [-0.3, -0.25) is 4.79 Å². The molecule has 0 aromatic heterocycles. The van der Waals surface area contributed by atoms with Gasteiger partial charge in [0, 0.05) is 49.9 Å². The molecular weight excluding hydrogens is 380 g/mol. The molecule has 7 nitrogen and oxygen atoms in total. The number of carbonyl (C=O) groups is 2. The molecule has 2 aromatic carbocycles. The van der Waals surface area contributed by atoms with E-state index in [2.05, 4.69) is 20.9 Å². The molecule has 7 heteroatoms. The molecule has 0 bridgehead atoms. The number of amides is 3. The number of hydrogen-bond acceptors (Lipinski definition) is 4. The van der Waals surface area contributed by atoms with Crippen LogP contribution < -0.4 is 20.9 Å². The van der Waals surface area contributed by atoms with Crippen molar-refractivity contribution in [2.45, 2.75) is 26.2 Å². The zero-order valence-corrected chi connectivity index (χ0v) is 17.4. The van der Waals surface area contributed by atoms with Crippen LogP contribution in [0.4, 0.5) is 21.9 Å². The predicted molar refractivity (Wildman–Crippen MR) is 120 cm³/mol. The standard InChI is InChI=1S/C23H30N4O3/c1-2-30-16-8-13-24-22(28)20-17-19(11-12-21(20)27-14-6-7-15-27)26-23(29)25-18-9-4-3-5-10-18/h3-5,9-12,17H,2,6-8,13-16H2,1H3,(H,24,28)(H2,25,26,29). The summed E-state index contributed by atoms with van der Waals surface area (Å²) < 4.78 is 5.32. The van der Waals surface area contributed by atoms with Crippen molar-refractivity contribution in [3.8, 4) is 0 Å². The van der Waals surface area contributed by atoms with Gasteiger partial charge in [0.05, 0.1) is 5.56 Å². The van der Waals surface area contributed by atoms with E-state index in [-0.39, 0.29) is 11.9 Å². The molecule has 160 valence electrons. The van der Waals surface area contributed by atoms with Crippen LogP contribution in [0.1, 0.15) is 36.5 Å². The van der Waals surface area contributed by atoms with Crippen molar-refractivity contribution in [3.05, 3.63) is 54.1 Å². The molecule has 0 saturated carbocycles. The van der Waals surface area contributed by atoms with Crippen molar-refractivity contribution in [3.63, 3.8) is 0 Å². The number of hydrogen-bond donors (Lipinski definition) is 3. The van der Waals surface area contributed by atoms with Crippen LogP contribution >= 0.6 is 0 Å². The summed E-state index contributed by atoms with van der Waals surface area (Å²) in [5, 5.41) is 8.57. The summed E-state index contributed by atoms with van der Waals surface area (Å²) in [6.07, 6.45) is 3.00. The van der Waals surface area contributed by atoms with E-state index in [1.807, 2.05) is 49.4 Å². The highest BCUT2D eigenvalue weighted by atomic mass is 16.5. The fourth-order valence-electron chi connectivity index (χ4n) is 3.46. The Bertz CT molecular complexity index is 836. The van der Waals surface area contributed by atoms with Gasteiger partial charge in [-0.05, 0) is 56.5 Å². The van der Waals surface area contributed by atoms with E-state index in [4.69, 9.17) is 4.74 Å². The van der Waals surface area contributed by atoms with E-state index in [1.54, 1.807) is 6.07 Å². The summed E-state index contributed by atoms with van der Waals surface area (Å²) in [4.78, 5) is 27.4. The fourth-order valence-corrected chi connectivity index (χ4v) is 3.46. The Hall–Kier alpha value is -3.06. The number of nitrogens with zero attached hydrogens (tertiary/aromatic N) is 1. The highest BCUT2D eigenvalue weighted by molar-refractivity contribution is 6.04. The van der Waals surface area contributed by atoms with Gasteiger partial charge in [-0.25, -0.2) is 4.79 Å². The van der Waals surface area contributed by atoms with Crippen molar-refractivity contribution in [2.24, 2.45) is 0 Å². The van der Waals surface area contributed by atoms with Crippen LogP contribution in [0.3, 0.4) is 0 Å². The van der Waals surface area contributed by atoms with Gasteiger partial charge in [-0.2, -0.15) is 0 Å². The molecule has 2 aromatic rings. The van der Waals surface area contributed by atoms with Crippen LogP contribution in [0.25, 0.3) is 0 Å². The third kappa shape index (κ3) is 6.22. The Morgan fingerprint density at radius 2 is 1.73 bits per heavy atom. The van der Waals surface area contributed by atoms with Gasteiger partial charge < -0.3 is 25.6 Å². The largest absolute Gasteiger partial charge is 0.382 e. The Kier molecular flexibility index (Phi) is 8.09. The summed E-state index contributed by atoms with van der Waals surface area (Å²) in [5.74, 6) is -0.138. The van der Waals surface area contributed by atoms with Crippen LogP contribution in [0.15, 0.2) is 48.5 Å². The highest BCUT2D eigenvalue weighted by Crippen LogP contribution is 2.27. The number of benzene rings is 2. The quantitative estimate of drug-likeness (QED) is 0.544. The molecule has 0 atom stereocenters. The highest BCUT2D eigenvalue weighted by Gasteiger charge is 2.20. The monoisotopic (exact) mass is 410 g/mol. The normalized spacial score (nSPS) is 13.2. The zero-order valence-electron chi connectivity index (χ0n) is 17.4. The Labute approximate surface area is 177 Å². The van der Waals surface area contributed by atoms with Crippen LogP contribution in [0.2, 0.25) is 0 Å². The fraction of sp³-hybridized carbons (Fsp3) is 0.391. The smallest absolute Gasteiger partial charge is 0.323 e. The van der Waals surface area contributed by atoms with Crippen molar-refractivity contribution in [1.82, 2.24) is 5.32 Å². The SMILES string of the molecule is CCOCCCNC(=O)c1cc(NC(=O)Nc2ccccc2)ccc1N1CCCC1. The third-order valence-corrected chi connectivity index (χ3v) is 4.93. The number of rotatable bonds is 9. The summed E-state index contributed by atoms with van der Waals surface area (Å²) in [6, 6.07) is 14.4. The van der Waals surface area contributed by atoms with E-state index in [9.17, 15) is 9.59 Å². The molecular formula is C23H30N4O3. The summed E-state index contributed by atoms with van der Waals surface area (Å²) in [6.45, 7) is 5.67. The molecule has 1 aliphatic rings. The molecule has 0 spiro atoms. The topological polar surface area (TPSA) is 82.7 Å². The maximum Gasteiger partial charge on any atom is 0.323 e. The van der Waals surface area contributed by atoms with Crippen molar-refractivity contribution in [2.75, 3.05) is 48.4 Å². The first-order valence-corrected chi connectivity index (χ1v) is 10.6. The summed E-state index contributed by atoms with van der Waals surface area (Å²) >= 11 is 0. The van der Waals surface area contributed by atoms with Gasteiger partial charge in [0.1, 0.15) is 0 Å². The minimum absolute atomic E-state index is 0.138. The van der Waals surface area contributed by atoms with Crippen LogP contribution in [-0.2, 0) is 4.74 Å². The third-order valence-electron chi connectivity index (χ3n) is 4.93. The first kappa shape index (κ1) is 21.6. The van der Waals surface area contributed by atoms with E-state index < -0.39 is 0 Å². The Balaban J connectivity index is 1.69. The van der Waals surface area contributed by atoms with Gasteiger partial charge in [-0.1, -0.05) is 18.2 Å². The Morgan fingerprint density at radius 3 is 2.47 bits per heavy atom. The van der Waals surface area contributed by atoms with E-state index in [0.29, 0.717) is 36.7 Å². The molecule has 0 unspecified atom stereocenters. The maximum absolute atomic E-state index is 12.9. The molecule has 0 aliphatic carbocycles. The minimum Gasteiger partial charge on any atom is -0.382 e. The average molecular weight is 411 g/mol. The van der Waals surface area contributed by atoms with Crippen molar-refractivity contribution in [1.29, 1.82) is 0 Å². The second-order valence-electron chi connectivity index (χ2n) is 7.18. The summed E-state index contributed by atoms with van der Waals surface area (Å²) in [5.41, 5.74) is 2.76. The lowest BCUT2D eigenvalue weighted by atomic mass is 10.1. The molecule has 1 aliphatic heterocycles. The van der Waals surface area contributed by atoms with E-state index in [1.165, 1.54) is 0 Å². The second-order valence-corrected chi connectivity index (χ2v) is 7.18. The predicted octanol–water partition coefficient (Wildman–Crippen LogP) is 4.09. The number of anilines is 3. The van der Waals surface area contributed by atoms with Gasteiger partial charge in [0.2, 0.25) is 0 Å². The molecule has 3 amide bonds. The van der Waals surface area contributed by atoms with Crippen LogP contribution in [0.5, 0.6) is 0 Å². The molecule has 1 fully saturated rings. The lowest BCUT2D eigenvalue weighted by molar-refractivity contribution is 0.0944. The van der Waals surface area contributed by atoms with Gasteiger partial charge in [0.15, 0.2) is 0 Å².